The first-order valence-electron chi connectivity index (χ1n) is 10.6. The molecular weight excluding hydrogens is 400 g/mol. The average Bonchev–Trinajstić information content (AvgIpc) is 3.05. The van der Waals surface area contributed by atoms with Crippen molar-refractivity contribution in [3.8, 4) is 5.75 Å². The van der Waals surface area contributed by atoms with E-state index in [0.717, 1.165) is 51.0 Å². The molecule has 3 aliphatic rings. The van der Waals surface area contributed by atoms with Gasteiger partial charge in [0.1, 0.15) is 12.4 Å². The van der Waals surface area contributed by atoms with Gasteiger partial charge in [-0.1, -0.05) is 30.9 Å². The number of nitrogens with zero attached hydrogens (tertiary/aromatic N) is 4. The van der Waals surface area contributed by atoms with Crippen molar-refractivity contribution >= 4 is 18.4 Å². The van der Waals surface area contributed by atoms with Gasteiger partial charge < -0.3 is 14.4 Å². The van der Waals surface area contributed by atoms with Gasteiger partial charge in [-0.2, -0.15) is 0 Å². The van der Waals surface area contributed by atoms with Crippen molar-refractivity contribution in [1.29, 1.82) is 0 Å². The van der Waals surface area contributed by atoms with Crippen LogP contribution in [0.15, 0.2) is 43.1 Å². The molecule has 2 atom stereocenters. The molecule has 5 rings (SSSR count). The van der Waals surface area contributed by atoms with E-state index in [2.05, 4.69) is 40.8 Å². The molecule has 0 saturated carbocycles. The molecule has 4 heterocycles. The van der Waals surface area contributed by atoms with Gasteiger partial charge >= 0.3 is 0 Å². The summed E-state index contributed by atoms with van der Waals surface area (Å²) in [6, 6.07) is 9.28. The lowest BCUT2D eigenvalue weighted by atomic mass is 9.98. The Morgan fingerprint density at radius 2 is 2.03 bits per heavy atom. The molecule has 2 unspecified atom stereocenters. The quantitative estimate of drug-likeness (QED) is 0.656. The summed E-state index contributed by atoms with van der Waals surface area (Å²) in [5, 5.41) is 0. The number of ether oxygens (including phenoxy) is 2. The molecule has 1 aromatic carbocycles. The molecule has 0 radical (unpaired) electrons. The van der Waals surface area contributed by atoms with Crippen LogP contribution in [0.1, 0.15) is 35.7 Å². The number of rotatable bonds is 6. The van der Waals surface area contributed by atoms with Crippen LogP contribution in [0.4, 0.5) is 5.95 Å². The van der Waals surface area contributed by atoms with Crippen LogP contribution in [0.5, 0.6) is 5.75 Å². The maximum Gasteiger partial charge on any atom is 0.225 e. The predicted molar refractivity (Wildman–Crippen MR) is 119 cm³/mol. The van der Waals surface area contributed by atoms with Crippen LogP contribution in [0, 0.1) is 0 Å². The van der Waals surface area contributed by atoms with E-state index in [1.54, 1.807) is 6.08 Å². The number of morpholine rings is 1. The largest absolute Gasteiger partial charge is 0.489 e. The number of anilines is 1. The van der Waals surface area contributed by atoms with Crippen molar-refractivity contribution in [1.82, 2.24) is 14.9 Å². The van der Waals surface area contributed by atoms with Crippen molar-refractivity contribution in [3.05, 3.63) is 59.9 Å². The first-order valence-corrected chi connectivity index (χ1v) is 10.6. The summed E-state index contributed by atoms with van der Waals surface area (Å²) >= 11 is 0. The van der Waals surface area contributed by atoms with Gasteiger partial charge in [0.15, 0.2) is 0 Å². The highest BCUT2D eigenvalue weighted by Gasteiger charge is 2.41. The average molecular weight is 429 g/mol. The van der Waals surface area contributed by atoms with Crippen molar-refractivity contribution < 1.29 is 9.47 Å². The van der Waals surface area contributed by atoms with Gasteiger partial charge in [-0.3, -0.25) is 4.90 Å². The molecule has 160 valence electrons. The van der Waals surface area contributed by atoms with Crippen molar-refractivity contribution in [2.24, 2.45) is 0 Å². The van der Waals surface area contributed by atoms with E-state index in [-0.39, 0.29) is 12.4 Å². The Bertz CT molecular complexity index is 887. The van der Waals surface area contributed by atoms with Crippen LogP contribution >= 0.6 is 12.4 Å². The van der Waals surface area contributed by atoms with Gasteiger partial charge in [-0.05, 0) is 18.9 Å². The summed E-state index contributed by atoms with van der Waals surface area (Å²) in [5.74, 6) is 1.82. The normalized spacial score (nSPS) is 22.9. The molecular formula is C23H29ClN4O2. The van der Waals surface area contributed by atoms with E-state index >= 15 is 0 Å². The Kier molecular flexibility index (Phi) is 6.56. The maximum absolute atomic E-state index is 5.89. The number of halogens is 1. The molecule has 0 amide bonds. The van der Waals surface area contributed by atoms with E-state index in [4.69, 9.17) is 19.4 Å². The summed E-state index contributed by atoms with van der Waals surface area (Å²) in [6.07, 6.45) is 7.26. The fourth-order valence-electron chi connectivity index (χ4n) is 4.85. The highest BCUT2D eigenvalue weighted by Crippen LogP contribution is 2.44. The van der Waals surface area contributed by atoms with Gasteiger partial charge in [-0.15, -0.1) is 12.4 Å². The predicted octanol–water partition coefficient (Wildman–Crippen LogP) is 3.56. The van der Waals surface area contributed by atoms with Crippen LogP contribution in [0.25, 0.3) is 0 Å². The summed E-state index contributed by atoms with van der Waals surface area (Å²) in [4.78, 5) is 14.6. The standard InChI is InChI=1S/C23H28N4O2.ClH/c1-2-11-29-22-6-4-3-5-17(22)16-27-18-7-8-21(27)19-15-24-23(25-20(19)14-18)26-9-12-28-13-10-26;/h2-6,15,18,21H,1,7-14,16H2;1H. The first kappa shape index (κ1) is 21.1. The lowest BCUT2D eigenvalue weighted by Gasteiger charge is -2.36. The third-order valence-corrected chi connectivity index (χ3v) is 6.29. The zero-order valence-electron chi connectivity index (χ0n) is 17.2. The zero-order chi connectivity index (χ0) is 19.6. The minimum absolute atomic E-state index is 0. The highest BCUT2D eigenvalue weighted by molar-refractivity contribution is 5.85. The van der Waals surface area contributed by atoms with E-state index < -0.39 is 0 Å². The Balaban J connectivity index is 0.00000218. The molecule has 0 aliphatic carbocycles. The number of fused-ring (bicyclic) bond motifs is 4. The molecule has 6 nitrogen and oxygen atoms in total. The Hall–Kier alpha value is -2.15. The smallest absolute Gasteiger partial charge is 0.225 e. The van der Waals surface area contributed by atoms with Gasteiger partial charge in [0.05, 0.1) is 18.9 Å². The molecule has 7 heteroatoms. The van der Waals surface area contributed by atoms with Crippen molar-refractivity contribution in [2.45, 2.75) is 37.9 Å². The molecule has 30 heavy (non-hydrogen) atoms. The zero-order valence-corrected chi connectivity index (χ0v) is 18.0. The molecule has 2 bridgehead atoms. The van der Waals surface area contributed by atoms with Gasteiger partial charge in [-0.25, -0.2) is 9.97 Å². The molecule has 0 spiro atoms. The fourth-order valence-corrected chi connectivity index (χ4v) is 4.85. The van der Waals surface area contributed by atoms with E-state index in [1.165, 1.54) is 29.7 Å². The Labute approximate surface area is 184 Å². The molecule has 0 N–H and O–H groups in total. The van der Waals surface area contributed by atoms with E-state index in [0.29, 0.717) is 18.7 Å². The van der Waals surface area contributed by atoms with Crippen LogP contribution in [0.2, 0.25) is 0 Å². The first-order chi connectivity index (χ1) is 14.3. The number of hydrogen-bond donors (Lipinski definition) is 0. The lowest BCUT2D eigenvalue weighted by molar-refractivity contribution is 0.122. The minimum atomic E-state index is 0. The molecule has 2 saturated heterocycles. The number of hydrogen-bond acceptors (Lipinski definition) is 6. The second-order valence-electron chi connectivity index (χ2n) is 8.00. The minimum Gasteiger partial charge on any atom is -0.489 e. The van der Waals surface area contributed by atoms with Gasteiger partial charge in [0.2, 0.25) is 5.95 Å². The third kappa shape index (κ3) is 4.04. The molecule has 3 aliphatic heterocycles. The van der Waals surface area contributed by atoms with E-state index in [9.17, 15) is 0 Å². The van der Waals surface area contributed by atoms with Crippen LogP contribution in [-0.4, -0.2) is 53.8 Å². The Morgan fingerprint density at radius 3 is 2.87 bits per heavy atom. The van der Waals surface area contributed by atoms with E-state index in [1.807, 2.05) is 6.07 Å². The van der Waals surface area contributed by atoms with Crippen molar-refractivity contribution in [3.63, 3.8) is 0 Å². The van der Waals surface area contributed by atoms with Crippen molar-refractivity contribution in [2.75, 3.05) is 37.8 Å². The highest BCUT2D eigenvalue weighted by atomic mass is 35.5. The van der Waals surface area contributed by atoms with Gasteiger partial charge in [0.25, 0.3) is 0 Å². The third-order valence-electron chi connectivity index (χ3n) is 6.29. The maximum atomic E-state index is 5.89. The second kappa shape index (κ2) is 9.33. The van der Waals surface area contributed by atoms with Crippen LogP contribution in [-0.2, 0) is 17.7 Å². The van der Waals surface area contributed by atoms with Crippen LogP contribution in [0.3, 0.4) is 0 Å². The summed E-state index contributed by atoms with van der Waals surface area (Å²) in [7, 11) is 0. The second-order valence-corrected chi connectivity index (χ2v) is 8.00. The molecule has 1 aromatic heterocycles. The molecule has 2 fully saturated rings. The molecule has 2 aromatic rings. The monoisotopic (exact) mass is 428 g/mol. The number of para-hydroxylation sites is 1. The fraction of sp³-hybridized carbons (Fsp3) is 0.478. The van der Waals surface area contributed by atoms with Crippen LogP contribution < -0.4 is 9.64 Å². The van der Waals surface area contributed by atoms with Gasteiger partial charge in [0, 0.05) is 55.5 Å². The SMILES string of the molecule is C=CCOc1ccccc1CN1C2CCC1c1cnc(N3CCOCC3)nc1C2.Cl. The number of aromatic nitrogens is 2. The Morgan fingerprint density at radius 1 is 1.20 bits per heavy atom. The lowest BCUT2D eigenvalue weighted by Crippen LogP contribution is -2.40. The summed E-state index contributed by atoms with van der Waals surface area (Å²) < 4.78 is 11.3. The summed E-state index contributed by atoms with van der Waals surface area (Å²) in [6.45, 7) is 8.45. The summed E-state index contributed by atoms with van der Waals surface area (Å²) in [5.41, 5.74) is 3.78. The number of benzene rings is 1. The topological polar surface area (TPSA) is 50.7 Å².